The molecule has 1 amide bonds. The molecule has 0 heterocycles. The number of hydrogen-bond acceptors (Lipinski definition) is 3. The molecule has 3 aromatic rings. The van der Waals surface area contributed by atoms with Gasteiger partial charge in [0, 0.05) is 16.8 Å². The molecule has 0 aliphatic carbocycles. The Hall–Kier alpha value is -3.27. The van der Waals surface area contributed by atoms with Gasteiger partial charge in [-0.1, -0.05) is 37.6 Å². The van der Waals surface area contributed by atoms with Crippen molar-refractivity contribution in [1.29, 1.82) is 0 Å². The van der Waals surface area contributed by atoms with Crippen LogP contribution in [0.4, 0.5) is 5.69 Å². The number of methoxy groups -OCH3 is 1. The molecule has 156 valence electrons. The molecule has 3 aromatic carbocycles. The molecule has 0 unspecified atom stereocenters. The molecule has 1 N–H and O–H groups in total. The molecule has 0 fully saturated rings. The monoisotopic (exact) mass is 403 g/mol. The number of anilines is 1. The van der Waals surface area contributed by atoms with Gasteiger partial charge < -0.3 is 14.8 Å². The first-order valence-corrected chi connectivity index (χ1v) is 10.4. The summed E-state index contributed by atoms with van der Waals surface area (Å²) in [5.74, 6) is 1.32. The highest BCUT2D eigenvalue weighted by Gasteiger charge is 2.12. The zero-order valence-corrected chi connectivity index (χ0v) is 17.9. The van der Waals surface area contributed by atoms with Crippen molar-refractivity contribution in [1.82, 2.24) is 0 Å². The van der Waals surface area contributed by atoms with Crippen LogP contribution in [0.2, 0.25) is 0 Å². The Balaban J connectivity index is 1.69. The molecule has 0 saturated heterocycles. The number of rotatable bonds is 9. The summed E-state index contributed by atoms with van der Waals surface area (Å²) in [5.41, 5.74) is 4.59. The lowest BCUT2D eigenvalue weighted by Gasteiger charge is -2.13. The summed E-state index contributed by atoms with van der Waals surface area (Å²) < 4.78 is 11.3. The van der Waals surface area contributed by atoms with Crippen molar-refractivity contribution in [3.05, 3.63) is 89.0 Å². The van der Waals surface area contributed by atoms with Gasteiger partial charge in [-0.3, -0.25) is 4.79 Å². The minimum Gasteiger partial charge on any atom is -0.496 e. The van der Waals surface area contributed by atoms with Crippen LogP contribution in [0.15, 0.2) is 66.7 Å². The quantitative estimate of drug-likeness (QED) is 0.464. The number of amides is 1. The number of carbonyl (C=O) groups excluding carboxylic acids is 1. The van der Waals surface area contributed by atoms with Crippen molar-refractivity contribution < 1.29 is 14.3 Å². The van der Waals surface area contributed by atoms with Gasteiger partial charge in [-0.05, 0) is 73.4 Å². The molecule has 0 atom stereocenters. The van der Waals surface area contributed by atoms with Crippen LogP contribution in [0, 0.1) is 6.92 Å². The minimum atomic E-state index is -0.157. The Labute approximate surface area is 178 Å². The molecule has 3 rings (SSSR count). The van der Waals surface area contributed by atoms with Crippen LogP contribution in [0.25, 0.3) is 0 Å². The van der Waals surface area contributed by atoms with Crippen molar-refractivity contribution >= 4 is 11.6 Å². The van der Waals surface area contributed by atoms with Crippen LogP contribution in [0.3, 0.4) is 0 Å². The molecule has 30 heavy (non-hydrogen) atoms. The highest BCUT2D eigenvalue weighted by Crippen LogP contribution is 2.23. The molecule has 0 radical (unpaired) electrons. The van der Waals surface area contributed by atoms with E-state index in [1.54, 1.807) is 19.2 Å². The second kappa shape index (κ2) is 10.5. The van der Waals surface area contributed by atoms with Crippen LogP contribution in [-0.2, 0) is 13.0 Å². The Morgan fingerprint density at radius 3 is 2.50 bits per heavy atom. The van der Waals surface area contributed by atoms with Crippen molar-refractivity contribution in [3.8, 4) is 11.5 Å². The van der Waals surface area contributed by atoms with Gasteiger partial charge in [-0.2, -0.15) is 0 Å². The highest BCUT2D eigenvalue weighted by molar-refractivity contribution is 6.04. The predicted molar refractivity (Wildman–Crippen MR) is 122 cm³/mol. The predicted octanol–water partition coefficient (Wildman–Crippen LogP) is 6.18. The van der Waals surface area contributed by atoms with E-state index in [4.69, 9.17) is 9.47 Å². The van der Waals surface area contributed by atoms with E-state index in [9.17, 15) is 4.79 Å². The molecular weight excluding hydrogens is 374 g/mol. The second-order valence-electron chi connectivity index (χ2n) is 7.39. The molecule has 0 bridgehead atoms. The van der Waals surface area contributed by atoms with Crippen molar-refractivity contribution in [2.45, 2.75) is 39.7 Å². The van der Waals surface area contributed by atoms with Crippen LogP contribution in [0.5, 0.6) is 11.5 Å². The maximum absolute atomic E-state index is 12.7. The van der Waals surface area contributed by atoms with E-state index in [1.807, 2.05) is 49.4 Å². The van der Waals surface area contributed by atoms with E-state index in [0.717, 1.165) is 29.0 Å². The smallest absolute Gasteiger partial charge is 0.255 e. The number of carbonyl (C=O) groups is 1. The Kier molecular flexibility index (Phi) is 7.50. The molecule has 4 heteroatoms. The zero-order chi connectivity index (χ0) is 21.3. The number of aryl methyl sites for hydroxylation is 2. The molecule has 0 aliphatic rings. The van der Waals surface area contributed by atoms with Gasteiger partial charge in [0.1, 0.15) is 18.1 Å². The van der Waals surface area contributed by atoms with Crippen molar-refractivity contribution in [2.24, 2.45) is 0 Å². The molecule has 4 nitrogen and oxygen atoms in total. The fraction of sp³-hybridized carbons (Fsp3) is 0.269. The third kappa shape index (κ3) is 5.86. The topological polar surface area (TPSA) is 47.6 Å². The number of nitrogens with one attached hydrogen (secondary N) is 1. The SMILES string of the molecule is CCCCc1ccc(NC(=O)c2ccc(OC)c(COc3cccc(C)c3)c2)cc1. The van der Waals surface area contributed by atoms with Crippen LogP contribution in [-0.4, -0.2) is 13.0 Å². The van der Waals surface area contributed by atoms with Gasteiger partial charge in [-0.25, -0.2) is 0 Å². The fourth-order valence-electron chi connectivity index (χ4n) is 3.24. The molecule has 0 aromatic heterocycles. The molecule has 0 aliphatic heterocycles. The zero-order valence-electron chi connectivity index (χ0n) is 17.9. The normalized spacial score (nSPS) is 10.5. The Bertz CT molecular complexity index is 980. The lowest BCUT2D eigenvalue weighted by Crippen LogP contribution is -2.13. The maximum atomic E-state index is 12.7. The summed E-state index contributed by atoms with van der Waals surface area (Å²) in [6, 6.07) is 21.3. The summed E-state index contributed by atoms with van der Waals surface area (Å²) in [6.45, 7) is 4.53. The van der Waals surface area contributed by atoms with Crippen molar-refractivity contribution in [3.63, 3.8) is 0 Å². The van der Waals surface area contributed by atoms with Gasteiger partial charge >= 0.3 is 0 Å². The van der Waals surface area contributed by atoms with E-state index in [1.165, 1.54) is 18.4 Å². The lowest BCUT2D eigenvalue weighted by atomic mass is 10.1. The van der Waals surface area contributed by atoms with Gasteiger partial charge in [0.25, 0.3) is 5.91 Å². The summed E-state index contributed by atoms with van der Waals surface area (Å²) in [6.07, 6.45) is 3.41. The fourth-order valence-corrected chi connectivity index (χ4v) is 3.24. The van der Waals surface area contributed by atoms with Crippen LogP contribution < -0.4 is 14.8 Å². The van der Waals surface area contributed by atoms with E-state index in [0.29, 0.717) is 17.9 Å². The third-order valence-electron chi connectivity index (χ3n) is 4.96. The first-order chi connectivity index (χ1) is 14.6. The Morgan fingerprint density at radius 1 is 1.00 bits per heavy atom. The largest absolute Gasteiger partial charge is 0.496 e. The van der Waals surface area contributed by atoms with Crippen LogP contribution >= 0.6 is 0 Å². The average molecular weight is 404 g/mol. The summed E-state index contributed by atoms with van der Waals surface area (Å²) in [5, 5.41) is 2.97. The first-order valence-electron chi connectivity index (χ1n) is 10.4. The Morgan fingerprint density at radius 2 is 1.80 bits per heavy atom. The van der Waals surface area contributed by atoms with E-state index in [-0.39, 0.29) is 5.91 Å². The van der Waals surface area contributed by atoms with Gasteiger partial charge in [0.05, 0.1) is 7.11 Å². The maximum Gasteiger partial charge on any atom is 0.255 e. The third-order valence-corrected chi connectivity index (χ3v) is 4.96. The summed E-state index contributed by atoms with van der Waals surface area (Å²) >= 11 is 0. The minimum absolute atomic E-state index is 0.157. The molecule has 0 saturated carbocycles. The summed E-state index contributed by atoms with van der Waals surface area (Å²) in [7, 11) is 1.62. The second-order valence-corrected chi connectivity index (χ2v) is 7.39. The molecular formula is C26H29NO3. The van der Waals surface area contributed by atoms with Gasteiger partial charge in [0.2, 0.25) is 0 Å². The van der Waals surface area contributed by atoms with Crippen LogP contribution in [0.1, 0.15) is 46.8 Å². The molecule has 0 spiro atoms. The van der Waals surface area contributed by atoms with Gasteiger partial charge in [0.15, 0.2) is 0 Å². The number of unbranched alkanes of at least 4 members (excludes halogenated alkanes) is 1. The standard InChI is InChI=1S/C26H29NO3/c1-4-5-8-20-10-13-23(14-11-20)27-26(28)21-12-15-25(29-3)22(17-21)18-30-24-9-6-7-19(2)16-24/h6-7,9-17H,4-5,8,18H2,1-3H3,(H,27,28). The van der Waals surface area contributed by atoms with E-state index < -0.39 is 0 Å². The van der Waals surface area contributed by atoms with Crippen molar-refractivity contribution in [2.75, 3.05) is 12.4 Å². The summed E-state index contributed by atoms with van der Waals surface area (Å²) in [4.78, 5) is 12.7. The highest BCUT2D eigenvalue weighted by atomic mass is 16.5. The number of hydrogen-bond donors (Lipinski definition) is 1. The number of benzene rings is 3. The van der Waals surface area contributed by atoms with E-state index >= 15 is 0 Å². The first kappa shape index (κ1) is 21.4. The number of ether oxygens (including phenoxy) is 2. The van der Waals surface area contributed by atoms with Gasteiger partial charge in [-0.15, -0.1) is 0 Å². The van der Waals surface area contributed by atoms with E-state index in [2.05, 4.69) is 24.4 Å². The lowest BCUT2D eigenvalue weighted by molar-refractivity contribution is 0.102. The average Bonchev–Trinajstić information content (AvgIpc) is 2.77.